The Morgan fingerprint density at radius 2 is 2.00 bits per heavy atom. The van der Waals surface area contributed by atoms with E-state index in [4.69, 9.17) is 0 Å². The number of halogens is 1. The number of nitrogens with one attached hydrogen (secondary N) is 1. The fraction of sp³-hybridized carbons (Fsp3) is 0.143. The minimum atomic E-state index is -0.601. The lowest BCUT2D eigenvalue weighted by Crippen LogP contribution is -2.02. The summed E-state index contributed by atoms with van der Waals surface area (Å²) in [6.07, 6.45) is 0. The Morgan fingerprint density at radius 3 is 2.68 bits per heavy atom. The number of rotatable bonds is 4. The van der Waals surface area contributed by atoms with Crippen molar-refractivity contribution in [2.24, 2.45) is 0 Å². The molecule has 1 N–H and O–H groups in total. The average molecular weight is 260 g/mol. The molecule has 0 spiro atoms. The summed E-state index contributed by atoms with van der Waals surface area (Å²) in [6.45, 7) is 2.29. The SMILES string of the molecule is Cc1ccccc1NCc1cc(F)cc([N+](=O)[O-])c1. The van der Waals surface area contributed by atoms with Crippen molar-refractivity contribution in [3.8, 4) is 0 Å². The Hall–Kier alpha value is -2.43. The van der Waals surface area contributed by atoms with E-state index in [0.29, 0.717) is 12.1 Å². The summed E-state index contributed by atoms with van der Waals surface area (Å²) in [5.41, 5.74) is 2.29. The van der Waals surface area contributed by atoms with Crippen LogP contribution in [-0.4, -0.2) is 4.92 Å². The Bertz CT molecular complexity index is 614. The molecule has 0 fully saturated rings. The summed E-state index contributed by atoms with van der Waals surface area (Å²) in [5.74, 6) is -0.601. The van der Waals surface area contributed by atoms with Crippen molar-refractivity contribution in [3.05, 3.63) is 69.5 Å². The second-order valence-corrected chi connectivity index (χ2v) is 4.24. The average Bonchev–Trinajstić information content (AvgIpc) is 2.37. The van der Waals surface area contributed by atoms with Gasteiger partial charge in [0.1, 0.15) is 5.82 Å². The number of para-hydroxylation sites is 1. The van der Waals surface area contributed by atoms with E-state index in [2.05, 4.69) is 5.32 Å². The van der Waals surface area contributed by atoms with Crippen LogP contribution >= 0.6 is 0 Å². The van der Waals surface area contributed by atoms with E-state index in [1.807, 2.05) is 31.2 Å². The van der Waals surface area contributed by atoms with Gasteiger partial charge in [-0.15, -0.1) is 0 Å². The summed E-state index contributed by atoms with van der Waals surface area (Å²) in [5, 5.41) is 13.8. The van der Waals surface area contributed by atoms with Gasteiger partial charge < -0.3 is 5.32 Å². The first-order valence-corrected chi connectivity index (χ1v) is 5.79. The van der Waals surface area contributed by atoms with Crippen LogP contribution in [0.4, 0.5) is 15.8 Å². The fourth-order valence-electron chi connectivity index (χ4n) is 1.81. The number of hydrogen-bond donors (Lipinski definition) is 1. The van der Waals surface area contributed by atoms with Gasteiger partial charge in [-0.2, -0.15) is 0 Å². The lowest BCUT2D eigenvalue weighted by atomic mass is 10.1. The van der Waals surface area contributed by atoms with Crippen molar-refractivity contribution in [1.29, 1.82) is 0 Å². The zero-order valence-corrected chi connectivity index (χ0v) is 10.4. The zero-order chi connectivity index (χ0) is 13.8. The first-order chi connectivity index (χ1) is 9.06. The molecule has 0 aromatic heterocycles. The lowest BCUT2D eigenvalue weighted by molar-refractivity contribution is -0.385. The van der Waals surface area contributed by atoms with Gasteiger partial charge in [0.05, 0.1) is 11.0 Å². The predicted molar refractivity (Wildman–Crippen MR) is 71.6 cm³/mol. The van der Waals surface area contributed by atoms with Crippen molar-refractivity contribution in [2.75, 3.05) is 5.32 Å². The Labute approximate surface area is 110 Å². The molecule has 0 amide bonds. The summed E-state index contributed by atoms with van der Waals surface area (Å²) in [4.78, 5) is 10.1. The number of aryl methyl sites for hydroxylation is 1. The van der Waals surface area contributed by atoms with Gasteiger partial charge in [-0.25, -0.2) is 4.39 Å². The highest BCUT2D eigenvalue weighted by molar-refractivity contribution is 5.51. The summed E-state index contributed by atoms with van der Waals surface area (Å²) in [6, 6.07) is 11.3. The number of non-ortho nitro benzene ring substituents is 1. The largest absolute Gasteiger partial charge is 0.381 e. The van der Waals surface area contributed by atoms with Gasteiger partial charge in [0, 0.05) is 18.3 Å². The van der Waals surface area contributed by atoms with E-state index in [-0.39, 0.29) is 5.69 Å². The third kappa shape index (κ3) is 3.28. The van der Waals surface area contributed by atoms with Crippen molar-refractivity contribution in [2.45, 2.75) is 13.5 Å². The highest BCUT2D eigenvalue weighted by Crippen LogP contribution is 2.19. The van der Waals surface area contributed by atoms with Crippen LogP contribution < -0.4 is 5.32 Å². The second-order valence-electron chi connectivity index (χ2n) is 4.24. The van der Waals surface area contributed by atoms with E-state index in [0.717, 1.165) is 17.3 Å². The highest BCUT2D eigenvalue weighted by atomic mass is 19.1. The van der Waals surface area contributed by atoms with E-state index in [9.17, 15) is 14.5 Å². The van der Waals surface area contributed by atoms with Crippen molar-refractivity contribution in [1.82, 2.24) is 0 Å². The van der Waals surface area contributed by atoms with E-state index < -0.39 is 10.7 Å². The molecular formula is C14H13FN2O2. The molecular weight excluding hydrogens is 247 g/mol. The van der Waals surface area contributed by atoms with Gasteiger partial charge in [-0.3, -0.25) is 10.1 Å². The van der Waals surface area contributed by atoms with Crippen LogP contribution in [-0.2, 0) is 6.54 Å². The van der Waals surface area contributed by atoms with Crippen molar-refractivity contribution >= 4 is 11.4 Å². The first-order valence-electron chi connectivity index (χ1n) is 5.79. The Kier molecular flexibility index (Phi) is 3.75. The fourth-order valence-corrected chi connectivity index (χ4v) is 1.81. The maximum absolute atomic E-state index is 13.3. The molecule has 0 radical (unpaired) electrons. The van der Waals surface area contributed by atoms with Crippen LogP contribution in [0.5, 0.6) is 0 Å². The smallest absolute Gasteiger partial charge is 0.272 e. The molecule has 0 saturated carbocycles. The first kappa shape index (κ1) is 13.0. The molecule has 0 bridgehead atoms. The van der Waals surface area contributed by atoms with Crippen LogP contribution in [0, 0.1) is 22.9 Å². The minimum Gasteiger partial charge on any atom is -0.381 e. The number of nitro groups is 1. The minimum absolute atomic E-state index is 0.235. The maximum Gasteiger partial charge on any atom is 0.272 e. The number of anilines is 1. The van der Waals surface area contributed by atoms with Gasteiger partial charge >= 0.3 is 0 Å². The van der Waals surface area contributed by atoms with Gasteiger partial charge in [0.15, 0.2) is 0 Å². The van der Waals surface area contributed by atoms with E-state index in [1.165, 1.54) is 12.1 Å². The normalized spacial score (nSPS) is 10.2. The topological polar surface area (TPSA) is 55.2 Å². The number of nitrogens with zero attached hydrogens (tertiary/aromatic N) is 1. The summed E-state index contributed by atoms with van der Waals surface area (Å²) >= 11 is 0. The molecule has 2 aromatic rings. The molecule has 98 valence electrons. The molecule has 2 aromatic carbocycles. The van der Waals surface area contributed by atoms with Crippen molar-refractivity contribution in [3.63, 3.8) is 0 Å². The molecule has 0 aliphatic carbocycles. The maximum atomic E-state index is 13.3. The van der Waals surface area contributed by atoms with Crippen LogP contribution in [0.2, 0.25) is 0 Å². The molecule has 0 aliphatic rings. The van der Waals surface area contributed by atoms with Crippen LogP contribution in [0.25, 0.3) is 0 Å². The van der Waals surface area contributed by atoms with Gasteiger partial charge in [-0.1, -0.05) is 18.2 Å². The lowest BCUT2D eigenvalue weighted by Gasteiger charge is -2.09. The molecule has 4 nitrogen and oxygen atoms in total. The molecule has 19 heavy (non-hydrogen) atoms. The van der Waals surface area contributed by atoms with Crippen LogP contribution in [0.15, 0.2) is 42.5 Å². The number of benzene rings is 2. The summed E-state index contributed by atoms with van der Waals surface area (Å²) < 4.78 is 13.3. The van der Waals surface area contributed by atoms with Crippen LogP contribution in [0.3, 0.4) is 0 Å². The van der Waals surface area contributed by atoms with E-state index >= 15 is 0 Å². The molecule has 0 unspecified atom stereocenters. The molecule has 0 atom stereocenters. The Balaban J connectivity index is 2.16. The third-order valence-corrected chi connectivity index (χ3v) is 2.78. The predicted octanol–water partition coefficient (Wildman–Crippen LogP) is 3.65. The van der Waals surface area contributed by atoms with Crippen LogP contribution in [0.1, 0.15) is 11.1 Å². The number of hydrogen-bond acceptors (Lipinski definition) is 3. The Morgan fingerprint density at radius 1 is 1.26 bits per heavy atom. The molecule has 5 heteroatoms. The molecule has 0 saturated heterocycles. The monoisotopic (exact) mass is 260 g/mol. The zero-order valence-electron chi connectivity index (χ0n) is 10.4. The van der Waals surface area contributed by atoms with Gasteiger partial charge in [0.25, 0.3) is 5.69 Å². The standard InChI is InChI=1S/C14H13FN2O2/c1-10-4-2-3-5-14(10)16-9-11-6-12(15)8-13(7-11)17(18)19/h2-8,16H,9H2,1H3. The van der Waals surface area contributed by atoms with E-state index in [1.54, 1.807) is 0 Å². The van der Waals surface area contributed by atoms with Gasteiger partial charge in [-0.05, 0) is 30.2 Å². The third-order valence-electron chi connectivity index (χ3n) is 2.78. The summed E-state index contributed by atoms with van der Waals surface area (Å²) in [7, 11) is 0. The number of nitro benzene ring substituents is 1. The van der Waals surface area contributed by atoms with Gasteiger partial charge in [0.2, 0.25) is 0 Å². The molecule has 0 aliphatic heterocycles. The molecule has 2 rings (SSSR count). The second kappa shape index (κ2) is 5.48. The molecule has 0 heterocycles. The quantitative estimate of drug-likeness (QED) is 0.674. The van der Waals surface area contributed by atoms with Crippen molar-refractivity contribution < 1.29 is 9.31 Å². The highest BCUT2D eigenvalue weighted by Gasteiger charge is 2.09.